The average molecular weight is 212 g/mol. The first-order chi connectivity index (χ1) is 7.15. The summed E-state index contributed by atoms with van der Waals surface area (Å²) < 4.78 is 7.00. The molecular weight excluding hydrogens is 192 g/mol. The number of nitrogens with zero attached hydrogens (tertiary/aromatic N) is 2. The smallest absolute Gasteiger partial charge is 0.0558 e. The van der Waals surface area contributed by atoms with Gasteiger partial charge in [-0.15, -0.1) is 0 Å². The summed E-state index contributed by atoms with van der Waals surface area (Å²) in [5, 5.41) is 4.12. The molecule has 5 nitrogen and oxygen atoms in total. The monoisotopic (exact) mass is 212 g/mol. The zero-order valence-corrected chi connectivity index (χ0v) is 9.60. The molecule has 1 rings (SSSR count). The second-order valence-corrected chi connectivity index (χ2v) is 3.87. The van der Waals surface area contributed by atoms with Gasteiger partial charge in [-0.05, 0) is 25.3 Å². The lowest BCUT2D eigenvalue weighted by Gasteiger charge is -2.18. The van der Waals surface area contributed by atoms with Gasteiger partial charge in [0, 0.05) is 26.4 Å². The Labute approximate surface area is 90.6 Å². The highest BCUT2D eigenvalue weighted by Gasteiger charge is 2.12. The van der Waals surface area contributed by atoms with Crippen LogP contribution in [0.4, 0.5) is 0 Å². The lowest BCUT2D eigenvalue weighted by atomic mass is 10.0. The van der Waals surface area contributed by atoms with Gasteiger partial charge in [-0.3, -0.25) is 16.0 Å². The average Bonchev–Trinajstić information content (AvgIpc) is 2.62. The highest BCUT2D eigenvalue weighted by molar-refractivity contribution is 5.05. The standard InChI is InChI=1S/C10H20N4O/c1-8(15-3)4-10(13-11)5-9-6-12-14(2)7-9/h6-8,10,13H,4-5,11H2,1-3H3. The molecule has 2 atom stereocenters. The van der Waals surface area contributed by atoms with Crippen molar-refractivity contribution in [2.45, 2.75) is 31.9 Å². The van der Waals surface area contributed by atoms with Gasteiger partial charge in [0.2, 0.25) is 0 Å². The summed E-state index contributed by atoms with van der Waals surface area (Å²) in [6, 6.07) is 0.226. The van der Waals surface area contributed by atoms with Crippen LogP contribution >= 0.6 is 0 Å². The fraction of sp³-hybridized carbons (Fsp3) is 0.700. The molecule has 0 aliphatic rings. The van der Waals surface area contributed by atoms with E-state index < -0.39 is 0 Å². The van der Waals surface area contributed by atoms with Gasteiger partial charge in [-0.25, -0.2) is 0 Å². The van der Waals surface area contributed by atoms with E-state index in [0.717, 1.165) is 12.8 Å². The van der Waals surface area contributed by atoms with Crippen LogP contribution in [0.1, 0.15) is 18.9 Å². The fourth-order valence-electron chi connectivity index (χ4n) is 1.57. The van der Waals surface area contributed by atoms with E-state index in [1.807, 2.05) is 26.4 Å². The Balaban J connectivity index is 2.46. The number of hydrogen-bond acceptors (Lipinski definition) is 4. The molecule has 15 heavy (non-hydrogen) atoms. The topological polar surface area (TPSA) is 65.1 Å². The molecule has 0 amide bonds. The highest BCUT2D eigenvalue weighted by Crippen LogP contribution is 2.07. The first-order valence-electron chi connectivity index (χ1n) is 5.12. The zero-order chi connectivity index (χ0) is 11.3. The molecule has 1 aromatic heterocycles. The van der Waals surface area contributed by atoms with Crippen molar-refractivity contribution in [2.24, 2.45) is 12.9 Å². The molecule has 0 bridgehead atoms. The summed E-state index contributed by atoms with van der Waals surface area (Å²) in [6.45, 7) is 2.04. The lowest BCUT2D eigenvalue weighted by Crippen LogP contribution is -2.39. The number of hydrazine groups is 1. The molecule has 86 valence electrons. The molecule has 0 aliphatic heterocycles. The van der Waals surface area contributed by atoms with E-state index in [1.165, 1.54) is 5.56 Å². The number of methoxy groups -OCH3 is 1. The molecule has 0 saturated carbocycles. The van der Waals surface area contributed by atoms with Crippen molar-refractivity contribution in [3.05, 3.63) is 18.0 Å². The molecule has 3 N–H and O–H groups in total. The van der Waals surface area contributed by atoms with Crippen molar-refractivity contribution in [2.75, 3.05) is 7.11 Å². The largest absolute Gasteiger partial charge is 0.382 e. The summed E-state index contributed by atoms with van der Waals surface area (Å²) in [5.41, 5.74) is 3.99. The van der Waals surface area contributed by atoms with Crippen molar-refractivity contribution in [3.8, 4) is 0 Å². The van der Waals surface area contributed by atoms with Gasteiger partial charge >= 0.3 is 0 Å². The van der Waals surface area contributed by atoms with Crippen LogP contribution in [0.5, 0.6) is 0 Å². The first kappa shape index (κ1) is 12.2. The van der Waals surface area contributed by atoms with Gasteiger partial charge in [0.05, 0.1) is 12.3 Å². The third-order valence-corrected chi connectivity index (χ3v) is 2.49. The maximum Gasteiger partial charge on any atom is 0.0558 e. The lowest BCUT2D eigenvalue weighted by molar-refractivity contribution is 0.100. The molecule has 1 heterocycles. The number of ether oxygens (including phenoxy) is 1. The number of nitrogens with one attached hydrogen (secondary N) is 1. The fourth-order valence-corrected chi connectivity index (χ4v) is 1.57. The first-order valence-corrected chi connectivity index (χ1v) is 5.12. The Morgan fingerprint density at radius 3 is 2.87 bits per heavy atom. The Kier molecular flexibility index (Phi) is 4.74. The van der Waals surface area contributed by atoms with Crippen molar-refractivity contribution >= 4 is 0 Å². The minimum absolute atomic E-state index is 0.211. The van der Waals surface area contributed by atoms with Gasteiger partial charge in [0.1, 0.15) is 0 Å². The van der Waals surface area contributed by atoms with E-state index in [2.05, 4.69) is 10.5 Å². The molecule has 0 saturated heterocycles. The van der Waals surface area contributed by atoms with Crippen LogP contribution in [0.25, 0.3) is 0 Å². The van der Waals surface area contributed by atoms with Crippen LogP contribution in [0.3, 0.4) is 0 Å². The number of aromatic nitrogens is 2. The Hall–Kier alpha value is -0.910. The SMILES string of the molecule is COC(C)CC(Cc1cnn(C)c1)NN. The van der Waals surface area contributed by atoms with Crippen LogP contribution in [0.15, 0.2) is 12.4 Å². The van der Waals surface area contributed by atoms with Crippen LogP contribution in [0, 0.1) is 0 Å². The Morgan fingerprint density at radius 1 is 1.67 bits per heavy atom. The van der Waals surface area contributed by atoms with Crippen LogP contribution < -0.4 is 11.3 Å². The van der Waals surface area contributed by atoms with E-state index in [9.17, 15) is 0 Å². The van der Waals surface area contributed by atoms with Crippen molar-refractivity contribution in [1.82, 2.24) is 15.2 Å². The summed E-state index contributed by atoms with van der Waals surface area (Å²) in [5.74, 6) is 5.50. The number of aryl methyl sites for hydroxylation is 1. The molecular formula is C10H20N4O. The summed E-state index contributed by atoms with van der Waals surface area (Å²) in [4.78, 5) is 0. The maximum absolute atomic E-state index is 5.50. The van der Waals surface area contributed by atoms with E-state index in [4.69, 9.17) is 10.6 Å². The third-order valence-electron chi connectivity index (χ3n) is 2.49. The van der Waals surface area contributed by atoms with Gasteiger partial charge in [-0.1, -0.05) is 0 Å². The Bertz CT molecular complexity index is 287. The van der Waals surface area contributed by atoms with Crippen molar-refractivity contribution in [3.63, 3.8) is 0 Å². The second-order valence-electron chi connectivity index (χ2n) is 3.87. The normalized spacial score (nSPS) is 15.2. The van der Waals surface area contributed by atoms with Gasteiger partial charge in [0.15, 0.2) is 0 Å². The third kappa shape index (κ3) is 3.99. The molecule has 0 radical (unpaired) electrons. The van der Waals surface area contributed by atoms with Crippen LogP contribution in [-0.2, 0) is 18.2 Å². The molecule has 1 aromatic rings. The second kappa shape index (κ2) is 5.85. The molecule has 5 heteroatoms. The van der Waals surface area contributed by atoms with Crippen molar-refractivity contribution in [1.29, 1.82) is 0 Å². The quantitative estimate of drug-likeness (QED) is 0.523. The maximum atomic E-state index is 5.50. The van der Waals surface area contributed by atoms with Gasteiger partial charge < -0.3 is 4.74 Å². The molecule has 0 spiro atoms. The number of hydrogen-bond donors (Lipinski definition) is 2. The summed E-state index contributed by atoms with van der Waals surface area (Å²) >= 11 is 0. The Morgan fingerprint density at radius 2 is 2.40 bits per heavy atom. The highest BCUT2D eigenvalue weighted by atomic mass is 16.5. The molecule has 0 fully saturated rings. The van der Waals surface area contributed by atoms with Gasteiger partial charge in [0.25, 0.3) is 0 Å². The van der Waals surface area contributed by atoms with E-state index in [0.29, 0.717) is 0 Å². The minimum Gasteiger partial charge on any atom is -0.382 e. The number of nitrogens with two attached hydrogens (primary N) is 1. The molecule has 2 unspecified atom stereocenters. The van der Waals surface area contributed by atoms with Crippen LogP contribution in [-0.4, -0.2) is 29.0 Å². The van der Waals surface area contributed by atoms with E-state index in [-0.39, 0.29) is 12.1 Å². The van der Waals surface area contributed by atoms with E-state index in [1.54, 1.807) is 11.8 Å². The molecule has 0 aromatic carbocycles. The summed E-state index contributed by atoms with van der Waals surface area (Å²) in [7, 11) is 3.62. The number of rotatable bonds is 6. The minimum atomic E-state index is 0.211. The van der Waals surface area contributed by atoms with Crippen LogP contribution in [0.2, 0.25) is 0 Å². The van der Waals surface area contributed by atoms with Gasteiger partial charge in [-0.2, -0.15) is 5.10 Å². The van der Waals surface area contributed by atoms with E-state index >= 15 is 0 Å². The summed E-state index contributed by atoms with van der Waals surface area (Å²) in [6.07, 6.45) is 5.84. The molecule has 0 aliphatic carbocycles. The predicted molar refractivity (Wildman–Crippen MR) is 59.1 cm³/mol. The van der Waals surface area contributed by atoms with Crippen molar-refractivity contribution < 1.29 is 4.74 Å². The zero-order valence-electron chi connectivity index (χ0n) is 9.60. The predicted octanol–water partition coefficient (Wildman–Crippen LogP) is 0.220.